The standard InChI is InChI=1S/C12H20O6/c1-3-5-12(16)9(14)8(7-13)18-11(15)10(12)17-6-4-2/h3-4,8-11,13-16H,1-2,5-7H2/t8-,9+,10+,11-,12+/m1/s1. The zero-order valence-electron chi connectivity index (χ0n) is 10.1. The molecule has 6 nitrogen and oxygen atoms in total. The van der Waals surface area contributed by atoms with Crippen LogP contribution < -0.4 is 0 Å². The average molecular weight is 260 g/mol. The quantitative estimate of drug-likeness (QED) is 0.454. The van der Waals surface area contributed by atoms with Gasteiger partial charge in [-0.25, -0.2) is 0 Å². The number of aliphatic hydroxyl groups is 4. The molecule has 6 heteroatoms. The van der Waals surface area contributed by atoms with Crippen molar-refractivity contribution in [3.63, 3.8) is 0 Å². The van der Waals surface area contributed by atoms with Crippen molar-refractivity contribution in [1.82, 2.24) is 0 Å². The summed E-state index contributed by atoms with van der Waals surface area (Å²) in [5.74, 6) is 0. The summed E-state index contributed by atoms with van der Waals surface area (Å²) >= 11 is 0. The van der Waals surface area contributed by atoms with Crippen molar-refractivity contribution in [2.45, 2.75) is 36.6 Å². The molecule has 1 rings (SSSR count). The molecule has 1 fully saturated rings. The van der Waals surface area contributed by atoms with E-state index in [4.69, 9.17) is 14.6 Å². The van der Waals surface area contributed by atoms with Gasteiger partial charge >= 0.3 is 0 Å². The first-order valence-electron chi connectivity index (χ1n) is 5.69. The molecule has 5 atom stereocenters. The van der Waals surface area contributed by atoms with Crippen LogP contribution in [0.2, 0.25) is 0 Å². The molecule has 4 N–H and O–H groups in total. The molecule has 18 heavy (non-hydrogen) atoms. The van der Waals surface area contributed by atoms with E-state index < -0.39 is 36.8 Å². The van der Waals surface area contributed by atoms with Gasteiger partial charge in [-0.15, -0.1) is 13.2 Å². The molecule has 1 saturated heterocycles. The van der Waals surface area contributed by atoms with E-state index in [0.29, 0.717) is 0 Å². The molecule has 0 aliphatic carbocycles. The van der Waals surface area contributed by atoms with Gasteiger partial charge in [0.25, 0.3) is 0 Å². The molecule has 0 spiro atoms. The van der Waals surface area contributed by atoms with Crippen LogP contribution in [0.1, 0.15) is 6.42 Å². The largest absolute Gasteiger partial charge is 0.394 e. The molecule has 1 aliphatic heterocycles. The number of ether oxygens (including phenoxy) is 2. The van der Waals surface area contributed by atoms with Crippen LogP contribution in [0.4, 0.5) is 0 Å². The van der Waals surface area contributed by atoms with Crippen LogP contribution in [0.15, 0.2) is 25.3 Å². The van der Waals surface area contributed by atoms with Crippen molar-refractivity contribution in [2.24, 2.45) is 0 Å². The van der Waals surface area contributed by atoms with E-state index >= 15 is 0 Å². The van der Waals surface area contributed by atoms with Crippen molar-refractivity contribution in [3.8, 4) is 0 Å². The van der Waals surface area contributed by atoms with E-state index in [-0.39, 0.29) is 13.0 Å². The van der Waals surface area contributed by atoms with Gasteiger partial charge in [-0.2, -0.15) is 0 Å². The fraction of sp³-hybridized carbons (Fsp3) is 0.667. The van der Waals surface area contributed by atoms with Crippen molar-refractivity contribution >= 4 is 0 Å². The molecule has 0 aromatic heterocycles. The van der Waals surface area contributed by atoms with Crippen LogP contribution in [0.25, 0.3) is 0 Å². The number of rotatable bonds is 6. The van der Waals surface area contributed by atoms with E-state index in [9.17, 15) is 15.3 Å². The van der Waals surface area contributed by atoms with Gasteiger partial charge in [-0.1, -0.05) is 12.2 Å². The highest BCUT2D eigenvalue weighted by molar-refractivity contribution is 5.05. The zero-order chi connectivity index (χ0) is 13.8. The number of hydrogen-bond acceptors (Lipinski definition) is 6. The SMILES string of the molecule is C=CCO[C@H]1[C@H](O)O[C@H](CO)[C@H](O)[C@@]1(O)CC=C. The number of hydrogen-bond donors (Lipinski definition) is 4. The molecule has 0 unspecified atom stereocenters. The normalized spacial score (nSPS) is 40.4. The Kier molecular flexibility index (Phi) is 5.46. The smallest absolute Gasteiger partial charge is 0.184 e. The van der Waals surface area contributed by atoms with E-state index in [1.807, 2.05) is 0 Å². The molecule has 0 bridgehead atoms. The fourth-order valence-corrected chi connectivity index (χ4v) is 2.07. The van der Waals surface area contributed by atoms with Crippen molar-refractivity contribution < 1.29 is 29.9 Å². The van der Waals surface area contributed by atoms with E-state index in [1.165, 1.54) is 12.2 Å². The Morgan fingerprint density at radius 3 is 2.44 bits per heavy atom. The van der Waals surface area contributed by atoms with Crippen LogP contribution in [-0.4, -0.2) is 63.8 Å². The van der Waals surface area contributed by atoms with Gasteiger partial charge in [0.1, 0.15) is 23.9 Å². The van der Waals surface area contributed by atoms with Gasteiger partial charge in [-0.3, -0.25) is 0 Å². The fourth-order valence-electron chi connectivity index (χ4n) is 2.07. The minimum Gasteiger partial charge on any atom is -0.394 e. The highest BCUT2D eigenvalue weighted by Gasteiger charge is 2.54. The van der Waals surface area contributed by atoms with Gasteiger partial charge < -0.3 is 29.9 Å². The van der Waals surface area contributed by atoms with Gasteiger partial charge in [0.2, 0.25) is 0 Å². The average Bonchev–Trinajstić information content (AvgIpc) is 2.34. The summed E-state index contributed by atoms with van der Waals surface area (Å²) in [5, 5.41) is 39.3. The van der Waals surface area contributed by atoms with Gasteiger partial charge in [0.05, 0.1) is 13.2 Å². The highest BCUT2D eigenvalue weighted by Crippen LogP contribution is 2.34. The Morgan fingerprint density at radius 2 is 1.94 bits per heavy atom. The van der Waals surface area contributed by atoms with Crippen LogP contribution in [0.3, 0.4) is 0 Å². The summed E-state index contributed by atoms with van der Waals surface area (Å²) in [7, 11) is 0. The minimum absolute atomic E-state index is 0.00705. The minimum atomic E-state index is -1.77. The van der Waals surface area contributed by atoms with Crippen molar-refractivity contribution in [1.29, 1.82) is 0 Å². The summed E-state index contributed by atoms with van der Waals surface area (Å²) in [6, 6.07) is 0. The molecule has 104 valence electrons. The summed E-state index contributed by atoms with van der Waals surface area (Å²) < 4.78 is 10.2. The lowest BCUT2D eigenvalue weighted by atomic mass is 9.81. The first-order valence-corrected chi connectivity index (χ1v) is 5.69. The Labute approximate surface area is 106 Å². The second-order valence-corrected chi connectivity index (χ2v) is 4.22. The lowest BCUT2D eigenvalue weighted by Crippen LogP contribution is -2.67. The predicted octanol–water partition coefficient (Wildman–Crippen LogP) is -1.06. The summed E-state index contributed by atoms with van der Waals surface area (Å²) in [6.07, 6.45) is -2.22. The summed E-state index contributed by atoms with van der Waals surface area (Å²) in [5.41, 5.74) is -1.77. The summed E-state index contributed by atoms with van der Waals surface area (Å²) in [6.45, 7) is 6.52. The first-order chi connectivity index (χ1) is 8.51. The third kappa shape index (κ3) is 2.80. The maximum absolute atomic E-state index is 10.5. The van der Waals surface area contributed by atoms with E-state index in [0.717, 1.165) is 0 Å². The van der Waals surface area contributed by atoms with Gasteiger partial charge in [0, 0.05) is 0 Å². The molecule has 0 aromatic rings. The highest BCUT2D eigenvalue weighted by atomic mass is 16.7. The van der Waals surface area contributed by atoms with Crippen LogP contribution >= 0.6 is 0 Å². The van der Waals surface area contributed by atoms with Crippen LogP contribution in [0, 0.1) is 0 Å². The maximum atomic E-state index is 10.5. The van der Waals surface area contributed by atoms with Gasteiger partial charge in [-0.05, 0) is 6.42 Å². The lowest BCUT2D eigenvalue weighted by molar-refractivity contribution is -0.327. The molecular weight excluding hydrogens is 240 g/mol. The first kappa shape index (κ1) is 15.3. The monoisotopic (exact) mass is 260 g/mol. The van der Waals surface area contributed by atoms with E-state index in [1.54, 1.807) is 0 Å². The molecule has 0 amide bonds. The molecule has 0 aromatic carbocycles. The zero-order valence-corrected chi connectivity index (χ0v) is 10.1. The molecule has 1 aliphatic rings. The maximum Gasteiger partial charge on any atom is 0.184 e. The molecular formula is C12H20O6. The van der Waals surface area contributed by atoms with Crippen LogP contribution in [-0.2, 0) is 9.47 Å². The van der Waals surface area contributed by atoms with Gasteiger partial charge in [0.15, 0.2) is 6.29 Å². The topological polar surface area (TPSA) is 99.4 Å². The van der Waals surface area contributed by atoms with Crippen molar-refractivity contribution in [2.75, 3.05) is 13.2 Å². The predicted molar refractivity (Wildman–Crippen MR) is 63.7 cm³/mol. The Balaban J connectivity index is 2.97. The summed E-state index contributed by atoms with van der Waals surface area (Å²) in [4.78, 5) is 0. The Hall–Kier alpha value is -0.760. The molecule has 0 saturated carbocycles. The third-order valence-electron chi connectivity index (χ3n) is 2.98. The van der Waals surface area contributed by atoms with E-state index in [2.05, 4.69) is 13.2 Å². The number of aliphatic hydroxyl groups excluding tert-OH is 3. The third-order valence-corrected chi connectivity index (χ3v) is 2.98. The van der Waals surface area contributed by atoms with Crippen molar-refractivity contribution in [3.05, 3.63) is 25.3 Å². The molecule has 1 heterocycles. The Morgan fingerprint density at radius 1 is 1.28 bits per heavy atom. The lowest BCUT2D eigenvalue weighted by Gasteiger charge is -2.47. The Bertz CT molecular complexity index is 294. The molecule has 0 radical (unpaired) electrons. The second kappa shape index (κ2) is 6.42. The van der Waals surface area contributed by atoms with Crippen LogP contribution in [0.5, 0.6) is 0 Å². The second-order valence-electron chi connectivity index (χ2n) is 4.22.